The molecule has 5 heteroatoms. The maximum atomic E-state index is 6.72. The summed E-state index contributed by atoms with van der Waals surface area (Å²) in [5, 5.41) is 7.11. The van der Waals surface area contributed by atoms with E-state index in [1.165, 1.54) is 31.3 Å². The van der Waals surface area contributed by atoms with Gasteiger partial charge in [-0.15, -0.1) is 0 Å². The molecule has 3 heterocycles. The minimum absolute atomic E-state index is 0.635. The van der Waals surface area contributed by atoms with Gasteiger partial charge in [-0.2, -0.15) is 0 Å². The highest BCUT2D eigenvalue weighted by Gasteiger charge is 2.24. The number of furan rings is 1. The number of fused-ring (bicyclic) bond motifs is 1. The van der Waals surface area contributed by atoms with Crippen molar-refractivity contribution in [3.63, 3.8) is 0 Å². The van der Waals surface area contributed by atoms with E-state index in [1.807, 2.05) is 72.4 Å². The Kier molecular flexibility index (Phi) is 5.47. The lowest BCUT2D eigenvalue weighted by atomic mass is 9.94. The normalized spacial score (nSPS) is 12.3. The molecule has 0 N–H and O–H groups in total. The van der Waals surface area contributed by atoms with E-state index in [-0.39, 0.29) is 0 Å². The largest absolute Gasteiger partial charge is 0.455 e. The summed E-state index contributed by atoms with van der Waals surface area (Å²) >= 11 is 1.82. The molecule has 9 aromatic rings. The average molecular weight is 606 g/mol. The van der Waals surface area contributed by atoms with Crippen molar-refractivity contribution < 1.29 is 4.42 Å². The van der Waals surface area contributed by atoms with E-state index in [1.54, 1.807) is 0 Å². The lowest BCUT2D eigenvalue weighted by Gasteiger charge is -2.15. The molecule has 46 heavy (non-hydrogen) atoms. The van der Waals surface area contributed by atoms with Gasteiger partial charge in [-0.25, -0.2) is 15.0 Å². The molecule has 0 bridgehead atoms. The third kappa shape index (κ3) is 3.85. The van der Waals surface area contributed by atoms with Gasteiger partial charge in [0, 0.05) is 48.2 Å². The summed E-state index contributed by atoms with van der Waals surface area (Å²) in [6, 6.07) is 48.4. The monoisotopic (exact) mass is 605 g/mol. The Morgan fingerprint density at radius 2 is 1.11 bits per heavy atom. The highest BCUT2D eigenvalue weighted by Crippen LogP contribution is 2.51. The molecule has 0 aliphatic carbocycles. The summed E-state index contributed by atoms with van der Waals surface area (Å²) in [5.41, 5.74) is 6.78. The van der Waals surface area contributed by atoms with Crippen LogP contribution in [0.5, 0.6) is 0 Å². The van der Waals surface area contributed by atoms with Crippen LogP contribution >= 0.6 is 11.8 Å². The van der Waals surface area contributed by atoms with Crippen LogP contribution in [-0.4, -0.2) is 15.0 Å². The molecule has 1 aliphatic heterocycles. The lowest BCUT2D eigenvalue weighted by molar-refractivity contribution is 0.670. The summed E-state index contributed by atoms with van der Waals surface area (Å²) in [6.07, 6.45) is 0. The van der Waals surface area contributed by atoms with Gasteiger partial charge >= 0.3 is 0 Å². The molecule has 1 aliphatic rings. The van der Waals surface area contributed by atoms with E-state index in [0.717, 1.165) is 49.8 Å². The second kappa shape index (κ2) is 9.86. The number of hydrogen-bond donors (Lipinski definition) is 0. The van der Waals surface area contributed by atoms with Gasteiger partial charge in [-0.3, -0.25) is 0 Å². The van der Waals surface area contributed by atoms with Gasteiger partial charge in [0.05, 0.1) is 0 Å². The van der Waals surface area contributed by atoms with Crippen LogP contribution in [0.15, 0.2) is 154 Å². The molecule has 0 saturated heterocycles. The average Bonchev–Trinajstić information content (AvgIpc) is 3.53. The molecule has 0 spiro atoms. The van der Waals surface area contributed by atoms with Gasteiger partial charge in [0.2, 0.25) is 0 Å². The SMILES string of the molecule is c1ccc(-c2nc(-c3ccccc3)nc(-c3cc(-c4ccc5c6c4oc4ccc7cccc(c7c46)S5)cc4ccccc34)n2)cc1. The van der Waals surface area contributed by atoms with Crippen LogP contribution in [0.1, 0.15) is 0 Å². The predicted octanol–water partition coefficient (Wildman–Crippen LogP) is 11.2. The molecule has 0 fully saturated rings. The molecule has 0 saturated carbocycles. The first-order valence-electron chi connectivity index (χ1n) is 15.3. The van der Waals surface area contributed by atoms with Crippen LogP contribution in [0, 0.1) is 0 Å². The topological polar surface area (TPSA) is 51.8 Å². The van der Waals surface area contributed by atoms with Crippen molar-refractivity contribution in [1.82, 2.24) is 15.0 Å². The van der Waals surface area contributed by atoms with E-state index in [4.69, 9.17) is 19.4 Å². The minimum atomic E-state index is 0.635. The smallest absolute Gasteiger partial charge is 0.164 e. The van der Waals surface area contributed by atoms with E-state index in [0.29, 0.717) is 17.5 Å². The molecule has 10 rings (SSSR count). The fourth-order valence-corrected chi connectivity index (χ4v) is 7.91. The van der Waals surface area contributed by atoms with Crippen LogP contribution in [0.25, 0.3) is 88.8 Å². The maximum absolute atomic E-state index is 6.72. The van der Waals surface area contributed by atoms with Crippen molar-refractivity contribution in [1.29, 1.82) is 0 Å². The molecule has 4 nitrogen and oxygen atoms in total. The Balaban J connectivity index is 1.25. The van der Waals surface area contributed by atoms with Crippen LogP contribution in [-0.2, 0) is 0 Å². The van der Waals surface area contributed by atoms with Crippen molar-refractivity contribution in [3.05, 3.63) is 140 Å². The van der Waals surface area contributed by atoms with E-state index < -0.39 is 0 Å². The zero-order valence-electron chi connectivity index (χ0n) is 24.4. The van der Waals surface area contributed by atoms with E-state index in [2.05, 4.69) is 78.9 Å². The number of aromatic nitrogens is 3. The summed E-state index contributed by atoms with van der Waals surface area (Å²) < 4.78 is 6.72. The number of hydrogen-bond acceptors (Lipinski definition) is 5. The molecule has 0 radical (unpaired) electrons. The Hall–Kier alpha value is -5.78. The third-order valence-corrected chi connectivity index (χ3v) is 10.0. The zero-order chi connectivity index (χ0) is 30.2. The molecule has 7 aromatic carbocycles. The maximum Gasteiger partial charge on any atom is 0.164 e. The van der Waals surface area contributed by atoms with E-state index in [9.17, 15) is 0 Å². The highest BCUT2D eigenvalue weighted by molar-refractivity contribution is 8.00. The first-order valence-corrected chi connectivity index (χ1v) is 16.1. The van der Waals surface area contributed by atoms with Crippen LogP contribution in [0.2, 0.25) is 0 Å². The van der Waals surface area contributed by atoms with Crippen LogP contribution in [0.3, 0.4) is 0 Å². The second-order valence-electron chi connectivity index (χ2n) is 11.6. The van der Waals surface area contributed by atoms with Crippen molar-refractivity contribution >= 4 is 55.2 Å². The first-order chi connectivity index (χ1) is 22.8. The first kappa shape index (κ1) is 25.5. The predicted molar refractivity (Wildman–Crippen MR) is 188 cm³/mol. The molecule has 0 amide bonds. The molecular weight excluding hydrogens is 583 g/mol. The van der Waals surface area contributed by atoms with Gasteiger partial charge < -0.3 is 4.42 Å². The van der Waals surface area contributed by atoms with Crippen molar-refractivity contribution in [2.75, 3.05) is 0 Å². The van der Waals surface area contributed by atoms with Crippen molar-refractivity contribution in [3.8, 4) is 45.3 Å². The van der Waals surface area contributed by atoms with Gasteiger partial charge in [-0.05, 0) is 58.1 Å². The number of rotatable bonds is 4. The van der Waals surface area contributed by atoms with Gasteiger partial charge in [0.25, 0.3) is 0 Å². The summed E-state index contributed by atoms with van der Waals surface area (Å²) in [6.45, 7) is 0. The van der Waals surface area contributed by atoms with Gasteiger partial charge in [0.15, 0.2) is 17.5 Å². The summed E-state index contributed by atoms with van der Waals surface area (Å²) in [5.74, 6) is 1.92. The van der Waals surface area contributed by atoms with Crippen molar-refractivity contribution in [2.45, 2.75) is 9.79 Å². The van der Waals surface area contributed by atoms with Crippen LogP contribution in [0.4, 0.5) is 0 Å². The highest BCUT2D eigenvalue weighted by atomic mass is 32.2. The van der Waals surface area contributed by atoms with Gasteiger partial charge in [0.1, 0.15) is 11.2 Å². The third-order valence-electron chi connectivity index (χ3n) is 8.88. The Bertz CT molecular complexity index is 2610. The zero-order valence-corrected chi connectivity index (χ0v) is 25.3. The standard InChI is InChI=1S/C41H23N3OS/c1-3-10-25(11-4-1)39-42-40(26-12-5-2-6-13-26)44-41(43-39)31-23-28(22-27-14-7-8-16-29(27)31)30-19-21-34-37-36-32(45-38(30)37)20-18-24-15-9-17-33(46-34)35(24)36/h1-23H. The fourth-order valence-electron chi connectivity index (χ4n) is 6.77. The summed E-state index contributed by atoms with van der Waals surface area (Å²) in [4.78, 5) is 17.6. The molecular formula is C41H23N3OS. The Morgan fingerprint density at radius 1 is 0.435 bits per heavy atom. The number of nitrogens with zero attached hydrogens (tertiary/aromatic N) is 3. The molecule has 2 aromatic heterocycles. The lowest BCUT2D eigenvalue weighted by Crippen LogP contribution is -2.00. The molecule has 0 unspecified atom stereocenters. The summed E-state index contributed by atoms with van der Waals surface area (Å²) in [7, 11) is 0. The fraction of sp³-hybridized carbons (Fsp3) is 0. The Morgan fingerprint density at radius 3 is 1.89 bits per heavy atom. The van der Waals surface area contributed by atoms with E-state index >= 15 is 0 Å². The van der Waals surface area contributed by atoms with Crippen LogP contribution < -0.4 is 0 Å². The quantitative estimate of drug-likeness (QED) is 0.200. The Labute approximate surface area is 268 Å². The van der Waals surface area contributed by atoms with Crippen molar-refractivity contribution in [2.24, 2.45) is 0 Å². The number of benzene rings is 7. The second-order valence-corrected chi connectivity index (χ2v) is 12.7. The molecule has 0 atom stereocenters. The minimum Gasteiger partial charge on any atom is -0.455 e. The molecule has 214 valence electrons. The van der Waals surface area contributed by atoms with Gasteiger partial charge in [-0.1, -0.05) is 115 Å².